The number of carbonyl (C=O) groups is 1. The summed E-state index contributed by atoms with van der Waals surface area (Å²) in [5, 5.41) is 2.97. The molecular weight excluding hydrogens is 388 g/mol. The fourth-order valence-electron chi connectivity index (χ4n) is 2.39. The minimum absolute atomic E-state index is 0.0171. The van der Waals surface area contributed by atoms with Crippen LogP contribution in [0, 0.1) is 5.92 Å². The van der Waals surface area contributed by atoms with E-state index in [0.29, 0.717) is 30.1 Å². The molecule has 0 radical (unpaired) electrons. The van der Waals surface area contributed by atoms with Gasteiger partial charge in [-0.25, -0.2) is 8.42 Å². The summed E-state index contributed by atoms with van der Waals surface area (Å²) in [5.74, 6) is -0.0934. The van der Waals surface area contributed by atoms with Crippen molar-refractivity contribution in [3.05, 3.63) is 15.9 Å². The van der Waals surface area contributed by atoms with Crippen molar-refractivity contribution in [3.63, 3.8) is 0 Å². The van der Waals surface area contributed by atoms with Crippen LogP contribution in [0.15, 0.2) is 20.1 Å². The van der Waals surface area contributed by atoms with E-state index in [4.69, 9.17) is 0 Å². The molecule has 1 N–H and O–H groups in total. The Morgan fingerprint density at radius 2 is 1.91 bits per heavy atom. The van der Waals surface area contributed by atoms with Crippen molar-refractivity contribution in [3.8, 4) is 0 Å². The SMILES string of the molecule is CC(C)(C)NC(=O)C1CCN(S(=O)(=O)c2ccc(Br)s2)CC1. The highest BCUT2D eigenvalue weighted by Crippen LogP contribution is 2.30. The van der Waals surface area contributed by atoms with Crippen LogP contribution in [0.5, 0.6) is 0 Å². The maximum Gasteiger partial charge on any atom is 0.252 e. The first-order valence-corrected chi connectivity index (χ1v) is 10.2. The number of sulfonamides is 1. The van der Waals surface area contributed by atoms with Gasteiger partial charge in [0.05, 0.1) is 3.79 Å². The van der Waals surface area contributed by atoms with Crippen molar-refractivity contribution in [2.24, 2.45) is 5.92 Å². The van der Waals surface area contributed by atoms with Gasteiger partial charge in [-0.3, -0.25) is 4.79 Å². The number of piperidine rings is 1. The molecule has 0 aliphatic carbocycles. The zero-order valence-electron chi connectivity index (χ0n) is 12.9. The predicted molar refractivity (Wildman–Crippen MR) is 91.4 cm³/mol. The number of nitrogens with one attached hydrogen (secondary N) is 1. The molecule has 0 spiro atoms. The lowest BCUT2D eigenvalue weighted by Gasteiger charge is -2.32. The van der Waals surface area contributed by atoms with Crippen LogP contribution in [-0.2, 0) is 14.8 Å². The average Bonchev–Trinajstić information content (AvgIpc) is 2.84. The number of thiophene rings is 1. The first-order chi connectivity index (χ1) is 10.1. The Bertz CT molecular complexity index is 641. The van der Waals surface area contributed by atoms with Gasteiger partial charge in [0.1, 0.15) is 4.21 Å². The van der Waals surface area contributed by atoms with Gasteiger partial charge in [-0.2, -0.15) is 4.31 Å². The summed E-state index contributed by atoms with van der Waals surface area (Å²) in [6, 6.07) is 3.35. The third-order valence-electron chi connectivity index (χ3n) is 3.47. The lowest BCUT2D eigenvalue weighted by molar-refractivity contribution is -0.127. The van der Waals surface area contributed by atoms with Crippen LogP contribution >= 0.6 is 27.3 Å². The van der Waals surface area contributed by atoms with Crippen molar-refractivity contribution in [2.75, 3.05) is 13.1 Å². The van der Waals surface area contributed by atoms with Crippen molar-refractivity contribution < 1.29 is 13.2 Å². The molecule has 1 aliphatic rings. The van der Waals surface area contributed by atoms with Crippen molar-refractivity contribution in [1.82, 2.24) is 9.62 Å². The second-order valence-corrected chi connectivity index (χ2v) is 11.1. The first-order valence-electron chi connectivity index (χ1n) is 7.17. The normalized spacial score (nSPS) is 18.4. The van der Waals surface area contributed by atoms with E-state index in [9.17, 15) is 13.2 Å². The van der Waals surface area contributed by atoms with Crippen LogP contribution in [0.2, 0.25) is 0 Å². The van der Waals surface area contributed by atoms with E-state index in [2.05, 4.69) is 21.2 Å². The summed E-state index contributed by atoms with van der Waals surface area (Å²) < 4.78 is 27.7. The summed E-state index contributed by atoms with van der Waals surface area (Å²) in [7, 11) is -3.44. The van der Waals surface area contributed by atoms with Gasteiger partial charge in [0.25, 0.3) is 10.0 Å². The van der Waals surface area contributed by atoms with E-state index in [1.165, 1.54) is 15.6 Å². The lowest BCUT2D eigenvalue weighted by atomic mass is 9.96. The molecule has 8 heteroatoms. The summed E-state index contributed by atoms with van der Waals surface area (Å²) in [5.41, 5.74) is -0.260. The van der Waals surface area contributed by atoms with Gasteiger partial charge in [-0.1, -0.05) is 0 Å². The van der Waals surface area contributed by atoms with E-state index in [1.54, 1.807) is 12.1 Å². The van der Waals surface area contributed by atoms with Crippen LogP contribution in [-0.4, -0.2) is 37.3 Å². The van der Waals surface area contributed by atoms with Gasteiger partial charge in [-0.05, 0) is 61.7 Å². The Balaban J connectivity index is 1.99. The number of nitrogens with zero attached hydrogens (tertiary/aromatic N) is 1. The molecule has 1 saturated heterocycles. The highest BCUT2D eigenvalue weighted by Gasteiger charge is 2.33. The number of rotatable bonds is 3. The Kier molecular flexibility index (Phi) is 5.36. The largest absolute Gasteiger partial charge is 0.351 e. The molecule has 2 rings (SSSR count). The summed E-state index contributed by atoms with van der Waals surface area (Å²) in [6.45, 7) is 6.61. The second kappa shape index (κ2) is 6.59. The Hall–Kier alpha value is -0.440. The average molecular weight is 409 g/mol. The molecule has 1 fully saturated rings. The van der Waals surface area contributed by atoms with E-state index in [0.717, 1.165) is 3.79 Å². The number of carbonyl (C=O) groups excluding carboxylic acids is 1. The molecular formula is C14H21BrN2O3S2. The van der Waals surface area contributed by atoms with Gasteiger partial charge in [0, 0.05) is 24.5 Å². The third-order valence-corrected chi connectivity index (χ3v) is 7.46. The van der Waals surface area contributed by atoms with Crippen LogP contribution in [0.3, 0.4) is 0 Å². The fraction of sp³-hybridized carbons (Fsp3) is 0.643. The minimum atomic E-state index is -3.44. The molecule has 1 amide bonds. The van der Waals surface area contributed by atoms with E-state index >= 15 is 0 Å². The van der Waals surface area contributed by atoms with E-state index in [1.807, 2.05) is 20.8 Å². The van der Waals surface area contributed by atoms with E-state index in [-0.39, 0.29) is 17.4 Å². The zero-order valence-corrected chi connectivity index (χ0v) is 16.1. The fourth-order valence-corrected chi connectivity index (χ4v) is 6.03. The maximum atomic E-state index is 12.5. The van der Waals surface area contributed by atoms with Gasteiger partial charge in [-0.15, -0.1) is 11.3 Å². The molecule has 1 aromatic rings. The number of hydrogen-bond donors (Lipinski definition) is 1. The van der Waals surface area contributed by atoms with Gasteiger partial charge in [0.2, 0.25) is 5.91 Å². The van der Waals surface area contributed by atoms with Crippen LogP contribution in [0.4, 0.5) is 0 Å². The monoisotopic (exact) mass is 408 g/mol. The summed E-state index contributed by atoms with van der Waals surface area (Å²) in [6.07, 6.45) is 1.13. The molecule has 0 saturated carbocycles. The topological polar surface area (TPSA) is 66.5 Å². The van der Waals surface area contributed by atoms with Crippen LogP contribution < -0.4 is 5.32 Å². The van der Waals surface area contributed by atoms with Gasteiger partial charge < -0.3 is 5.32 Å². The molecule has 1 aromatic heterocycles. The smallest absolute Gasteiger partial charge is 0.252 e. The molecule has 0 unspecified atom stereocenters. The standard InChI is InChI=1S/C14H21BrN2O3S2/c1-14(2,3)16-13(18)10-6-8-17(9-7-10)22(19,20)12-5-4-11(15)21-12/h4-5,10H,6-9H2,1-3H3,(H,16,18). The van der Waals surface area contributed by atoms with Crippen molar-refractivity contribution >= 4 is 43.2 Å². The second-order valence-electron chi connectivity index (χ2n) is 6.48. The number of amides is 1. The molecule has 2 heterocycles. The molecule has 0 bridgehead atoms. The van der Waals surface area contributed by atoms with Crippen LogP contribution in [0.1, 0.15) is 33.6 Å². The number of hydrogen-bond acceptors (Lipinski definition) is 4. The van der Waals surface area contributed by atoms with Crippen molar-refractivity contribution in [2.45, 2.75) is 43.4 Å². The van der Waals surface area contributed by atoms with Crippen LogP contribution in [0.25, 0.3) is 0 Å². The van der Waals surface area contributed by atoms with E-state index < -0.39 is 10.0 Å². The Morgan fingerprint density at radius 1 is 1.32 bits per heavy atom. The maximum absolute atomic E-state index is 12.5. The Morgan fingerprint density at radius 3 is 2.36 bits per heavy atom. The number of halogens is 1. The highest BCUT2D eigenvalue weighted by atomic mass is 79.9. The lowest BCUT2D eigenvalue weighted by Crippen LogP contribution is -2.47. The minimum Gasteiger partial charge on any atom is -0.351 e. The molecule has 124 valence electrons. The predicted octanol–water partition coefficient (Wildman–Crippen LogP) is 2.83. The molecule has 1 aliphatic heterocycles. The first kappa shape index (κ1) is 17.9. The zero-order chi connectivity index (χ0) is 16.5. The molecule has 5 nitrogen and oxygen atoms in total. The Labute approximate surface area is 144 Å². The molecule has 22 heavy (non-hydrogen) atoms. The summed E-state index contributed by atoms with van der Waals surface area (Å²) in [4.78, 5) is 12.2. The highest BCUT2D eigenvalue weighted by molar-refractivity contribution is 9.11. The molecule has 0 aromatic carbocycles. The summed E-state index contributed by atoms with van der Waals surface area (Å²) >= 11 is 4.50. The van der Waals surface area contributed by atoms with Crippen molar-refractivity contribution in [1.29, 1.82) is 0 Å². The van der Waals surface area contributed by atoms with Gasteiger partial charge >= 0.3 is 0 Å². The molecule has 0 atom stereocenters. The quantitative estimate of drug-likeness (QED) is 0.835. The van der Waals surface area contributed by atoms with Gasteiger partial charge in [0.15, 0.2) is 0 Å². The third kappa shape index (κ3) is 4.31.